The lowest BCUT2D eigenvalue weighted by atomic mass is 10.2. The number of rotatable bonds is 5. The summed E-state index contributed by atoms with van der Waals surface area (Å²) in [6, 6.07) is 1.90. The Balaban J connectivity index is 1.98. The summed E-state index contributed by atoms with van der Waals surface area (Å²) in [7, 11) is 0. The van der Waals surface area contributed by atoms with E-state index < -0.39 is 5.97 Å². The lowest BCUT2D eigenvalue weighted by Crippen LogP contribution is -1.95. The number of thiophene rings is 1. The highest BCUT2D eigenvalue weighted by Gasteiger charge is 2.10. The molecule has 0 spiro atoms. The molecule has 17 heavy (non-hydrogen) atoms. The molecule has 0 saturated heterocycles. The summed E-state index contributed by atoms with van der Waals surface area (Å²) in [5.74, 6) is 0.132. The highest BCUT2D eigenvalue weighted by atomic mass is 79.9. The second-order valence-corrected chi connectivity index (χ2v) is 5.68. The van der Waals surface area contributed by atoms with E-state index in [9.17, 15) is 4.79 Å². The van der Waals surface area contributed by atoms with E-state index >= 15 is 0 Å². The van der Waals surface area contributed by atoms with Crippen molar-refractivity contribution in [2.45, 2.75) is 19.3 Å². The van der Waals surface area contributed by atoms with E-state index in [1.54, 1.807) is 11.3 Å². The van der Waals surface area contributed by atoms with Crippen molar-refractivity contribution in [2.24, 2.45) is 0 Å². The van der Waals surface area contributed by atoms with E-state index in [-0.39, 0.29) is 6.42 Å². The van der Waals surface area contributed by atoms with Gasteiger partial charge in [-0.1, -0.05) is 0 Å². The molecule has 0 amide bonds. The van der Waals surface area contributed by atoms with Crippen LogP contribution < -0.4 is 0 Å². The number of nitrogens with zero attached hydrogens (tertiary/aromatic N) is 2. The van der Waals surface area contributed by atoms with E-state index in [1.807, 2.05) is 11.4 Å². The standard InChI is InChI=1S/C10H9BrN2O3S/c11-7-4-6(5-17-7)10-13-12-8(16-10)2-1-3-9(14)15/h4-5H,1-3H2,(H,14,15). The second-order valence-electron chi connectivity index (χ2n) is 3.39. The van der Waals surface area contributed by atoms with Crippen LogP contribution in [0, 0.1) is 0 Å². The number of carboxylic acids is 1. The third-order valence-corrected chi connectivity index (χ3v) is 3.57. The van der Waals surface area contributed by atoms with Gasteiger partial charge in [0.25, 0.3) is 0 Å². The molecule has 0 aliphatic heterocycles. The van der Waals surface area contributed by atoms with Crippen LogP contribution in [0.1, 0.15) is 18.7 Å². The predicted molar refractivity (Wildman–Crippen MR) is 65.9 cm³/mol. The summed E-state index contributed by atoms with van der Waals surface area (Å²) in [5, 5.41) is 18.2. The molecule has 0 aliphatic rings. The van der Waals surface area contributed by atoms with Gasteiger partial charge in [-0.3, -0.25) is 4.79 Å². The minimum absolute atomic E-state index is 0.113. The molecule has 5 nitrogen and oxygen atoms in total. The lowest BCUT2D eigenvalue weighted by molar-refractivity contribution is -0.137. The molecule has 0 aromatic carbocycles. The van der Waals surface area contributed by atoms with Gasteiger partial charge < -0.3 is 9.52 Å². The Morgan fingerprint density at radius 2 is 2.35 bits per heavy atom. The molecule has 1 N–H and O–H groups in total. The Morgan fingerprint density at radius 1 is 1.53 bits per heavy atom. The number of aryl methyl sites for hydroxylation is 1. The van der Waals surface area contributed by atoms with Gasteiger partial charge in [-0.15, -0.1) is 21.5 Å². The number of aliphatic carboxylic acids is 1. The minimum Gasteiger partial charge on any atom is -0.481 e. The van der Waals surface area contributed by atoms with E-state index in [0.29, 0.717) is 24.6 Å². The van der Waals surface area contributed by atoms with Gasteiger partial charge >= 0.3 is 5.97 Å². The number of halogens is 1. The van der Waals surface area contributed by atoms with Crippen molar-refractivity contribution in [3.8, 4) is 11.5 Å². The van der Waals surface area contributed by atoms with Crippen LogP contribution in [0.4, 0.5) is 0 Å². The van der Waals surface area contributed by atoms with Gasteiger partial charge in [0.05, 0.1) is 9.35 Å². The summed E-state index contributed by atoms with van der Waals surface area (Å²) >= 11 is 4.90. The van der Waals surface area contributed by atoms with Gasteiger partial charge in [0.15, 0.2) is 0 Å². The zero-order valence-corrected chi connectivity index (χ0v) is 11.1. The first-order chi connectivity index (χ1) is 8.15. The van der Waals surface area contributed by atoms with Crippen molar-refractivity contribution in [1.82, 2.24) is 10.2 Å². The fourth-order valence-corrected chi connectivity index (χ4v) is 2.41. The van der Waals surface area contributed by atoms with Gasteiger partial charge in [0.2, 0.25) is 11.8 Å². The maximum atomic E-state index is 10.3. The predicted octanol–water partition coefficient (Wildman–Crippen LogP) is 2.97. The van der Waals surface area contributed by atoms with Crippen molar-refractivity contribution in [1.29, 1.82) is 0 Å². The molecule has 0 saturated carbocycles. The van der Waals surface area contributed by atoms with Crippen LogP contribution >= 0.6 is 27.3 Å². The molecular weight excluding hydrogens is 308 g/mol. The maximum Gasteiger partial charge on any atom is 0.303 e. The van der Waals surface area contributed by atoms with Crippen LogP contribution in [-0.4, -0.2) is 21.3 Å². The first-order valence-electron chi connectivity index (χ1n) is 4.94. The van der Waals surface area contributed by atoms with Crippen molar-refractivity contribution in [3.63, 3.8) is 0 Å². The van der Waals surface area contributed by atoms with E-state index in [1.165, 1.54) is 0 Å². The molecular formula is C10H9BrN2O3S. The Morgan fingerprint density at radius 3 is 3.00 bits per heavy atom. The topological polar surface area (TPSA) is 76.2 Å². The SMILES string of the molecule is O=C(O)CCCc1nnc(-c2csc(Br)c2)o1. The zero-order chi connectivity index (χ0) is 12.3. The lowest BCUT2D eigenvalue weighted by Gasteiger charge is -1.91. The molecule has 0 radical (unpaired) electrons. The summed E-state index contributed by atoms with van der Waals surface area (Å²) in [6.45, 7) is 0. The molecule has 2 rings (SSSR count). The summed E-state index contributed by atoms with van der Waals surface area (Å²) < 4.78 is 6.43. The highest BCUT2D eigenvalue weighted by molar-refractivity contribution is 9.11. The number of aromatic nitrogens is 2. The molecule has 2 aromatic heterocycles. The van der Waals surface area contributed by atoms with Crippen molar-refractivity contribution in [2.75, 3.05) is 0 Å². The molecule has 90 valence electrons. The van der Waals surface area contributed by atoms with Crippen molar-refractivity contribution in [3.05, 3.63) is 21.1 Å². The molecule has 2 heterocycles. The molecule has 0 bridgehead atoms. The molecule has 7 heteroatoms. The quantitative estimate of drug-likeness (QED) is 0.917. The van der Waals surface area contributed by atoms with E-state index in [2.05, 4.69) is 26.1 Å². The fourth-order valence-electron chi connectivity index (χ4n) is 1.28. The Labute approximate surface area is 110 Å². The Bertz CT molecular complexity index is 523. The second kappa shape index (κ2) is 5.42. The zero-order valence-electron chi connectivity index (χ0n) is 8.72. The largest absolute Gasteiger partial charge is 0.481 e. The van der Waals surface area contributed by atoms with Crippen molar-refractivity contribution >= 4 is 33.2 Å². The maximum absolute atomic E-state index is 10.3. The highest BCUT2D eigenvalue weighted by Crippen LogP contribution is 2.28. The fraction of sp³-hybridized carbons (Fsp3) is 0.300. The van der Waals surface area contributed by atoms with Crippen molar-refractivity contribution < 1.29 is 14.3 Å². The summed E-state index contributed by atoms with van der Waals surface area (Å²) in [6.07, 6.45) is 1.11. The Hall–Kier alpha value is -1.21. The van der Waals surface area contributed by atoms with E-state index in [0.717, 1.165) is 9.35 Å². The first kappa shape index (κ1) is 12.3. The van der Waals surface area contributed by atoms with Gasteiger partial charge in [0, 0.05) is 18.2 Å². The molecule has 0 unspecified atom stereocenters. The van der Waals surface area contributed by atoms with Crippen LogP contribution in [0.25, 0.3) is 11.5 Å². The minimum atomic E-state index is -0.813. The van der Waals surface area contributed by atoms with Crippen LogP contribution in [-0.2, 0) is 11.2 Å². The summed E-state index contributed by atoms with van der Waals surface area (Å²) in [4.78, 5) is 10.3. The number of hydrogen-bond donors (Lipinski definition) is 1. The average molecular weight is 317 g/mol. The monoisotopic (exact) mass is 316 g/mol. The first-order valence-corrected chi connectivity index (χ1v) is 6.61. The third kappa shape index (κ3) is 3.37. The average Bonchev–Trinajstić information content (AvgIpc) is 2.86. The molecule has 0 fully saturated rings. The smallest absolute Gasteiger partial charge is 0.303 e. The van der Waals surface area contributed by atoms with Crippen LogP contribution in [0.15, 0.2) is 19.6 Å². The number of carboxylic acid groups (broad SMARTS) is 1. The van der Waals surface area contributed by atoms with Gasteiger partial charge in [0.1, 0.15) is 0 Å². The number of hydrogen-bond acceptors (Lipinski definition) is 5. The van der Waals surface area contributed by atoms with Crippen LogP contribution in [0.5, 0.6) is 0 Å². The van der Waals surface area contributed by atoms with Gasteiger partial charge in [-0.2, -0.15) is 0 Å². The molecule has 0 atom stereocenters. The third-order valence-electron chi connectivity index (χ3n) is 2.06. The summed E-state index contributed by atoms with van der Waals surface area (Å²) in [5.41, 5.74) is 0.874. The number of carbonyl (C=O) groups is 1. The Kier molecular flexibility index (Phi) is 3.90. The van der Waals surface area contributed by atoms with Crippen LogP contribution in [0.2, 0.25) is 0 Å². The van der Waals surface area contributed by atoms with Crippen LogP contribution in [0.3, 0.4) is 0 Å². The van der Waals surface area contributed by atoms with E-state index in [4.69, 9.17) is 9.52 Å². The van der Waals surface area contributed by atoms with Gasteiger partial charge in [-0.05, 0) is 28.4 Å². The van der Waals surface area contributed by atoms with Gasteiger partial charge in [-0.25, -0.2) is 0 Å². The normalized spacial score (nSPS) is 10.6. The molecule has 2 aromatic rings. The molecule has 0 aliphatic carbocycles.